The first kappa shape index (κ1) is 15.5. The van der Waals surface area contributed by atoms with Crippen LogP contribution in [0.4, 0.5) is 0 Å². The van der Waals surface area contributed by atoms with Gasteiger partial charge in [-0.1, -0.05) is 6.92 Å². The van der Waals surface area contributed by atoms with Crippen molar-refractivity contribution in [2.75, 3.05) is 13.1 Å². The Morgan fingerprint density at radius 1 is 1.36 bits per heavy atom. The summed E-state index contributed by atoms with van der Waals surface area (Å²) < 4.78 is 0. The lowest BCUT2D eigenvalue weighted by atomic mass is 9.85. The van der Waals surface area contributed by atoms with Gasteiger partial charge in [0.25, 0.3) is 0 Å². The molecule has 120 valence electrons. The molecular formula is C18H27N3O. The lowest BCUT2D eigenvalue weighted by Crippen LogP contribution is -2.37. The summed E-state index contributed by atoms with van der Waals surface area (Å²) in [5.41, 5.74) is 1.18. The summed E-state index contributed by atoms with van der Waals surface area (Å²) in [7, 11) is 0. The maximum absolute atomic E-state index is 12.8. The Hall–Kier alpha value is -1.42. The van der Waals surface area contributed by atoms with Crippen molar-refractivity contribution in [3.8, 4) is 0 Å². The minimum Gasteiger partial charge on any atom is -0.335 e. The van der Waals surface area contributed by atoms with Crippen LogP contribution in [0.5, 0.6) is 0 Å². The fraction of sp³-hybridized carbons (Fsp3) is 0.667. The maximum Gasteiger partial charge on any atom is 0.223 e. The zero-order valence-corrected chi connectivity index (χ0v) is 13.5. The molecule has 1 aliphatic carbocycles. The molecule has 2 aliphatic rings. The topological polar surface area (TPSA) is 45.2 Å². The largest absolute Gasteiger partial charge is 0.335 e. The average molecular weight is 301 g/mol. The standard InChI is InChI=1S/C18H27N3O/c1-14(16-3-2-8-20-12-16)11-18(22)21(17-4-5-17)13-15-6-9-19-10-7-15/h6-7,9-10,14,16-17,20H,2-5,8,11-13H2,1H3. The first-order valence-corrected chi connectivity index (χ1v) is 8.63. The smallest absolute Gasteiger partial charge is 0.223 e. The molecule has 2 heterocycles. The van der Waals surface area contributed by atoms with Crippen LogP contribution >= 0.6 is 0 Å². The van der Waals surface area contributed by atoms with Gasteiger partial charge in [0.2, 0.25) is 5.91 Å². The van der Waals surface area contributed by atoms with Crippen LogP contribution in [0.15, 0.2) is 24.5 Å². The highest BCUT2D eigenvalue weighted by molar-refractivity contribution is 5.77. The van der Waals surface area contributed by atoms with Crippen LogP contribution in [-0.2, 0) is 11.3 Å². The molecule has 0 radical (unpaired) electrons. The normalized spacial score (nSPS) is 23.0. The van der Waals surface area contributed by atoms with Gasteiger partial charge in [-0.15, -0.1) is 0 Å². The lowest BCUT2D eigenvalue weighted by molar-refractivity contribution is -0.133. The van der Waals surface area contributed by atoms with Crippen molar-refractivity contribution < 1.29 is 4.79 Å². The van der Waals surface area contributed by atoms with Gasteiger partial charge in [0.15, 0.2) is 0 Å². The fourth-order valence-electron chi connectivity index (χ4n) is 3.42. The fourth-order valence-corrected chi connectivity index (χ4v) is 3.42. The van der Waals surface area contributed by atoms with Crippen LogP contribution < -0.4 is 5.32 Å². The summed E-state index contributed by atoms with van der Waals surface area (Å²) in [6, 6.07) is 4.49. The van der Waals surface area contributed by atoms with Gasteiger partial charge < -0.3 is 10.2 Å². The Bertz CT molecular complexity index is 480. The minimum absolute atomic E-state index is 0.331. The van der Waals surface area contributed by atoms with Crippen LogP contribution in [0.1, 0.15) is 44.6 Å². The number of nitrogens with zero attached hydrogens (tertiary/aromatic N) is 2. The number of piperidine rings is 1. The van der Waals surface area contributed by atoms with Crippen molar-refractivity contribution in [1.82, 2.24) is 15.2 Å². The van der Waals surface area contributed by atoms with Crippen molar-refractivity contribution in [2.24, 2.45) is 11.8 Å². The van der Waals surface area contributed by atoms with E-state index in [2.05, 4.69) is 22.1 Å². The number of nitrogens with one attached hydrogen (secondary N) is 1. The summed E-state index contributed by atoms with van der Waals surface area (Å²) in [5.74, 6) is 1.45. The van der Waals surface area contributed by atoms with E-state index in [4.69, 9.17) is 0 Å². The second kappa shape index (κ2) is 7.23. The van der Waals surface area contributed by atoms with E-state index < -0.39 is 0 Å². The Labute approximate surface area is 133 Å². The average Bonchev–Trinajstić information content (AvgIpc) is 3.39. The monoisotopic (exact) mass is 301 g/mol. The number of pyridine rings is 1. The number of carbonyl (C=O) groups is 1. The molecule has 1 saturated carbocycles. The third kappa shape index (κ3) is 4.07. The van der Waals surface area contributed by atoms with Crippen molar-refractivity contribution in [3.05, 3.63) is 30.1 Å². The molecule has 22 heavy (non-hydrogen) atoms. The zero-order valence-electron chi connectivity index (χ0n) is 13.5. The summed E-state index contributed by atoms with van der Waals surface area (Å²) >= 11 is 0. The van der Waals surface area contributed by atoms with Crippen LogP contribution in [0.3, 0.4) is 0 Å². The van der Waals surface area contributed by atoms with E-state index in [1.807, 2.05) is 12.1 Å². The summed E-state index contributed by atoms with van der Waals surface area (Å²) in [5, 5.41) is 3.46. The molecule has 1 aromatic rings. The predicted octanol–water partition coefficient (Wildman–Crippen LogP) is 2.60. The van der Waals surface area contributed by atoms with Gasteiger partial charge >= 0.3 is 0 Å². The quantitative estimate of drug-likeness (QED) is 0.878. The molecule has 1 aromatic heterocycles. The molecule has 2 atom stereocenters. The van der Waals surface area contributed by atoms with Gasteiger partial charge in [0.1, 0.15) is 0 Å². The predicted molar refractivity (Wildman–Crippen MR) is 87.2 cm³/mol. The summed E-state index contributed by atoms with van der Waals surface area (Å²) in [6.07, 6.45) is 9.13. The Balaban J connectivity index is 1.58. The second-order valence-electron chi connectivity index (χ2n) is 6.90. The highest BCUT2D eigenvalue weighted by atomic mass is 16.2. The third-order valence-electron chi connectivity index (χ3n) is 5.05. The summed E-state index contributed by atoms with van der Waals surface area (Å²) in [4.78, 5) is 18.9. The van der Waals surface area contributed by atoms with Gasteiger partial charge in [0, 0.05) is 31.4 Å². The molecule has 3 rings (SSSR count). The first-order chi connectivity index (χ1) is 10.7. The SMILES string of the molecule is CC(CC(=O)N(Cc1ccncc1)C1CC1)C1CCCNC1. The zero-order chi connectivity index (χ0) is 15.4. The second-order valence-corrected chi connectivity index (χ2v) is 6.90. The molecule has 4 heteroatoms. The molecule has 1 saturated heterocycles. The maximum atomic E-state index is 12.8. The number of aromatic nitrogens is 1. The number of hydrogen-bond acceptors (Lipinski definition) is 3. The minimum atomic E-state index is 0.331. The lowest BCUT2D eigenvalue weighted by Gasteiger charge is -2.30. The Kier molecular flexibility index (Phi) is 5.08. The van der Waals surface area contributed by atoms with Gasteiger partial charge in [0.05, 0.1) is 0 Å². The number of amides is 1. The molecule has 0 bridgehead atoms. The Morgan fingerprint density at radius 2 is 2.14 bits per heavy atom. The van der Waals surface area contributed by atoms with Gasteiger partial charge in [-0.2, -0.15) is 0 Å². The molecule has 0 spiro atoms. The van der Waals surface area contributed by atoms with E-state index in [1.54, 1.807) is 12.4 Å². The Morgan fingerprint density at radius 3 is 2.77 bits per heavy atom. The van der Waals surface area contributed by atoms with E-state index in [9.17, 15) is 4.79 Å². The van der Waals surface area contributed by atoms with E-state index >= 15 is 0 Å². The highest BCUT2D eigenvalue weighted by Crippen LogP contribution is 2.31. The molecule has 1 amide bonds. The van der Waals surface area contributed by atoms with Crippen molar-refractivity contribution in [1.29, 1.82) is 0 Å². The molecule has 0 aromatic carbocycles. The van der Waals surface area contributed by atoms with E-state index in [0.29, 0.717) is 30.2 Å². The summed E-state index contributed by atoms with van der Waals surface area (Å²) in [6.45, 7) is 5.18. The first-order valence-electron chi connectivity index (χ1n) is 8.63. The number of rotatable bonds is 6. The van der Waals surface area contributed by atoms with Crippen molar-refractivity contribution in [3.63, 3.8) is 0 Å². The van der Waals surface area contributed by atoms with Gasteiger partial charge in [-0.05, 0) is 68.3 Å². The van der Waals surface area contributed by atoms with Crippen LogP contribution in [-0.4, -0.2) is 34.9 Å². The molecule has 4 nitrogen and oxygen atoms in total. The molecule has 2 fully saturated rings. The van der Waals surface area contributed by atoms with Gasteiger partial charge in [-0.25, -0.2) is 0 Å². The van der Waals surface area contributed by atoms with Crippen LogP contribution in [0.25, 0.3) is 0 Å². The molecular weight excluding hydrogens is 274 g/mol. The van der Waals surface area contributed by atoms with Crippen molar-refractivity contribution in [2.45, 2.75) is 51.6 Å². The molecule has 2 unspecified atom stereocenters. The number of carbonyl (C=O) groups excluding carboxylic acids is 1. The highest BCUT2D eigenvalue weighted by Gasteiger charge is 2.33. The van der Waals surface area contributed by atoms with Crippen molar-refractivity contribution >= 4 is 5.91 Å². The van der Waals surface area contributed by atoms with E-state index in [0.717, 1.165) is 32.5 Å². The van der Waals surface area contributed by atoms with Gasteiger partial charge in [-0.3, -0.25) is 9.78 Å². The third-order valence-corrected chi connectivity index (χ3v) is 5.05. The van der Waals surface area contributed by atoms with Crippen LogP contribution in [0, 0.1) is 11.8 Å². The molecule has 1 aliphatic heterocycles. The van der Waals surface area contributed by atoms with E-state index in [-0.39, 0.29) is 0 Å². The van der Waals surface area contributed by atoms with Crippen LogP contribution in [0.2, 0.25) is 0 Å². The van der Waals surface area contributed by atoms with E-state index in [1.165, 1.54) is 18.4 Å². The number of hydrogen-bond donors (Lipinski definition) is 1. The molecule has 1 N–H and O–H groups in total.